The van der Waals surface area contributed by atoms with Crippen LogP contribution in [0.25, 0.3) is 0 Å². The van der Waals surface area contributed by atoms with Gasteiger partial charge in [-0.2, -0.15) is 0 Å². The van der Waals surface area contributed by atoms with Gasteiger partial charge in [0.05, 0.1) is 12.6 Å². The molecule has 0 aromatic heterocycles. The van der Waals surface area contributed by atoms with Crippen molar-refractivity contribution in [1.82, 2.24) is 10.2 Å². The van der Waals surface area contributed by atoms with Crippen molar-refractivity contribution >= 4 is 29.9 Å². The van der Waals surface area contributed by atoms with E-state index in [0.717, 1.165) is 6.07 Å². The minimum atomic E-state index is -2.85. The number of hydrogen-bond donors (Lipinski definition) is 1. The summed E-state index contributed by atoms with van der Waals surface area (Å²) in [4.78, 5) is 13.3. The fourth-order valence-corrected chi connectivity index (χ4v) is 2.37. The number of carbonyl (C=O) groups is 1. The van der Waals surface area contributed by atoms with Crippen LogP contribution in [0.2, 0.25) is 5.02 Å². The molecule has 1 atom stereocenters. The minimum Gasteiger partial charge on any atom is -0.340 e. The Morgan fingerprint density at radius 3 is 2.71 bits per heavy atom. The second-order valence-corrected chi connectivity index (χ2v) is 5.33. The van der Waals surface area contributed by atoms with Crippen LogP contribution >= 0.6 is 24.0 Å². The maximum absolute atomic E-state index is 13.1. The van der Waals surface area contributed by atoms with Gasteiger partial charge in [-0.1, -0.05) is 17.7 Å². The Morgan fingerprint density at radius 2 is 2.19 bits per heavy atom. The van der Waals surface area contributed by atoms with Crippen molar-refractivity contribution in [2.75, 3.05) is 13.6 Å². The number of nitrogens with one attached hydrogen (secondary N) is 1. The summed E-state index contributed by atoms with van der Waals surface area (Å²) in [6, 6.07) is 2.96. The van der Waals surface area contributed by atoms with E-state index in [0.29, 0.717) is 5.56 Å². The van der Waals surface area contributed by atoms with Crippen molar-refractivity contribution in [2.45, 2.75) is 24.9 Å². The predicted octanol–water partition coefficient (Wildman–Crippen LogP) is 2.86. The molecule has 8 heteroatoms. The lowest BCUT2D eigenvalue weighted by Crippen LogP contribution is -2.41. The lowest BCUT2D eigenvalue weighted by molar-refractivity contribution is -0.132. The van der Waals surface area contributed by atoms with Gasteiger partial charge in [0, 0.05) is 25.0 Å². The first kappa shape index (κ1) is 18.1. The zero-order valence-corrected chi connectivity index (χ0v) is 12.8. The largest absolute Gasteiger partial charge is 0.340 e. The molecule has 0 bridgehead atoms. The number of benzene rings is 1. The van der Waals surface area contributed by atoms with Gasteiger partial charge in [0.15, 0.2) is 0 Å². The first-order chi connectivity index (χ1) is 9.28. The Hall–Kier alpha value is -0.980. The van der Waals surface area contributed by atoms with Crippen molar-refractivity contribution in [3.8, 4) is 0 Å². The van der Waals surface area contributed by atoms with Crippen molar-refractivity contribution in [3.05, 3.63) is 34.6 Å². The Labute approximate surface area is 131 Å². The number of nitrogens with zero attached hydrogens (tertiary/aromatic N) is 1. The van der Waals surface area contributed by atoms with Crippen LogP contribution in [0, 0.1) is 5.82 Å². The van der Waals surface area contributed by atoms with Crippen LogP contribution < -0.4 is 5.32 Å². The minimum absolute atomic E-state index is 0. The van der Waals surface area contributed by atoms with Crippen molar-refractivity contribution in [3.63, 3.8) is 0 Å². The normalized spacial score (nSPS) is 20.0. The van der Waals surface area contributed by atoms with Crippen molar-refractivity contribution in [2.24, 2.45) is 0 Å². The summed E-state index contributed by atoms with van der Waals surface area (Å²) < 4.78 is 39.0. The summed E-state index contributed by atoms with van der Waals surface area (Å²) in [6.45, 7) is -0.351. The summed E-state index contributed by atoms with van der Waals surface area (Å²) in [5, 5.41) is 2.71. The topological polar surface area (TPSA) is 32.3 Å². The monoisotopic (exact) mass is 342 g/mol. The molecule has 0 aliphatic carbocycles. The van der Waals surface area contributed by atoms with Gasteiger partial charge in [0.1, 0.15) is 5.82 Å². The van der Waals surface area contributed by atoms with Crippen LogP contribution in [0.4, 0.5) is 13.2 Å². The highest BCUT2D eigenvalue weighted by Gasteiger charge is 2.43. The van der Waals surface area contributed by atoms with E-state index in [4.69, 9.17) is 11.6 Å². The Balaban J connectivity index is 0.00000220. The first-order valence-corrected chi connectivity index (χ1v) is 6.46. The zero-order chi connectivity index (χ0) is 14.9. The van der Waals surface area contributed by atoms with Crippen LogP contribution in [-0.2, 0) is 11.3 Å². The second kappa shape index (κ2) is 6.85. The average molecular weight is 343 g/mol. The smallest absolute Gasteiger partial charge is 0.262 e. The van der Waals surface area contributed by atoms with Crippen LogP contribution in [0.1, 0.15) is 12.0 Å². The highest BCUT2D eigenvalue weighted by Crippen LogP contribution is 2.26. The third kappa shape index (κ3) is 4.49. The van der Waals surface area contributed by atoms with E-state index in [1.807, 2.05) is 0 Å². The molecule has 0 saturated carbocycles. The summed E-state index contributed by atoms with van der Waals surface area (Å²) >= 11 is 5.87. The molecule has 1 aliphatic heterocycles. The van der Waals surface area contributed by atoms with E-state index in [9.17, 15) is 18.0 Å². The summed E-state index contributed by atoms with van der Waals surface area (Å²) in [6.07, 6.45) is -0.507. The van der Waals surface area contributed by atoms with Gasteiger partial charge in [-0.05, 0) is 17.7 Å². The third-order valence-electron chi connectivity index (χ3n) is 3.21. The number of hydrogen-bond acceptors (Lipinski definition) is 2. The standard InChI is InChI=1S/C13H14ClF3N2O.ClH/c1-19(6-8-2-3-9(15)4-10(8)14)12(20)11-5-13(16,17)7-18-11;/h2-4,11,18H,5-7H2,1H3;1H. The predicted molar refractivity (Wildman–Crippen MR) is 76.5 cm³/mol. The molecule has 1 aromatic carbocycles. The molecule has 1 heterocycles. The molecule has 3 nitrogen and oxygen atoms in total. The van der Waals surface area contributed by atoms with E-state index in [1.54, 1.807) is 0 Å². The number of rotatable bonds is 3. The number of halogens is 5. The van der Waals surface area contributed by atoms with Gasteiger partial charge in [-0.15, -0.1) is 12.4 Å². The maximum atomic E-state index is 13.1. The summed E-state index contributed by atoms with van der Waals surface area (Å²) in [7, 11) is 1.50. The SMILES string of the molecule is CN(Cc1ccc(F)cc1Cl)C(=O)C1CC(F)(F)CN1.Cl. The van der Waals surface area contributed by atoms with Gasteiger partial charge >= 0.3 is 0 Å². The lowest BCUT2D eigenvalue weighted by Gasteiger charge is -2.21. The molecule has 1 saturated heterocycles. The van der Waals surface area contributed by atoms with Crippen LogP contribution in [0.5, 0.6) is 0 Å². The molecule has 1 aliphatic rings. The van der Waals surface area contributed by atoms with E-state index in [1.165, 1.54) is 24.1 Å². The van der Waals surface area contributed by atoms with Gasteiger partial charge < -0.3 is 4.90 Å². The van der Waals surface area contributed by atoms with E-state index < -0.39 is 36.7 Å². The molecule has 1 amide bonds. The molecule has 0 spiro atoms. The molecule has 1 unspecified atom stereocenters. The fraction of sp³-hybridized carbons (Fsp3) is 0.462. The number of likely N-dealkylation sites (N-methyl/N-ethyl adjacent to an activating group) is 1. The molecule has 21 heavy (non-hydrogen) atoms. The lowest BCUT2D eigenvalue weighted by atomic mass is 10.1. The molecule has 2 rings (SSSR count). The molecule has 1 N–H and O–H groups in total. The summed E-state index contributed by atoms with van der Waals surface area (Å²) in [5.74, 6) is -3.75. The van der Waals surface area contributed by atoms with Gasteiger partial charge in [-0.3, -0.25) is 10.1 Å². The maximum Gasteiger partial charge on any atom is 0.262 e. The van der Waals surface area contributed by atoms with E-state index >= 15 is 0 Å². The van der Waals surface area contributed by atoms with E-state index in [2.05, 4.69) is 5.32 Å². The van der Waals surface area contributed by atoms with E-state index in [-0.39, 0.29) is 24.0 Å². The molecule has 0 radical (unpaired) electrons. The number of carbonyl (C=O) groups excluding carboxylic acids is 1. The highest BCUT2D eigenvalue weighted by molar-refractivity contribution is 6.31. The fourth-order valence-electron chi connectivity index (χ4n) is 2.14. The second-order valence-electron chi connectivity index (χ2n) is 4.92. The Kier molecular flexibility index (Phi) is 5.90. The zero-order valence-electron chi connectivity index (χ0n) is 11.2. The van der Waals surface area contributed by atoms with Crippen LogP contribution in [0.15, 0.2) is 18.2 Å². The van der Waals surface area contributed by atoms with Gasteiger partial charge in [0.25, 0.3) is 5.92 Å². The Morgan fingerprint density at radius 1 is 1.52 bits per heavy atom. The first-order valence-electron chi connectivity index (χ1n) is 6.08. The molecular formula is C13H15Cl2F3N2O. The molecular weight excluding hydrogens is 328 g/mol. The number of alkyl halides is 2. The highest BCUT2D eigenvalue weighted by atomic mass is 35.5. The van der Waals surface area contributed by atoms with Crippen molar-refractivity contribution in [1.29, 1.82) is 0 Å². The van der Waals surface area contributed by atoms with Gasteiger partial charge in [-0.25, -0.2) is 13.2 Å². The molecule has 118 valence electrons. The van der Waals surface area contributed by atoms with Gasteiger partial charge in [0.2, 0.25) is 5.91 Å². The number of amides is 1. The van der Waals surface area contributed by atoms with Crippen LogP contribution in [0.3, 0.4) is 0 Å². The Bertz CT molecular complexity index is 528. The van der Waals surface area contributed by atoms with Crippen molar-refractivity contribution < 1.29 is 18.0 Å². The van der Waals surface area contributed by atoms with Crippen LogP contribution in [-0.4, -0.2) is 36.4 Å². The molecule has 1 fully saturated rings. The average Bonchev–Trinajstić information content (AvgIpc) is 2.72. The molecule has 1 aromatic rings. The summed E-state index contributed by atoms with van der Waals surface area (Å²) in [5.41, 5.74) is 0.564. The quantitative estimate of drug-likeness (QED) is 0.915. The third-order valence-corrected chi connectivity index (χ3v) is 3.56.